The summed E-state index contributed by atoms with van der Waals surface area (Å²) >= 11 is 0. The number of hydrogen-bond acceptors (Lipinski definition) is 4. The third-order valence-electron chi connectivity index (χ3n) is 1.08. The van der Waals surface area contributed by atoms with Crippen LogP contribution in [0, 0.1) is 0 Å². The molecule has 0 unspecified atom stereocenters. The van der Waals surface area contributed by atoms with Crippen LogP contribution in [0.3, 0.4) is 0 Å². The minimum absolute atomic E-state index is 0. The molecular formula is C6H11NNa3O7+3. The van der Waals surface area contributed by atoms with Gasteiger partial charge in [0.2, 0.25) is 0 Å². The molecule has 0 saturated carbocycles. The van der Waals surface area contributed by atoms with Gasteiger partial charge in [0.1, 0.15) is 0 Å². The molecule has 5 N–H and O–H groups in total. The van der Waals surface area contributed by atoms with Gasteiger partial charge in [-0.3, -0.25) is 19.3 Å². The van der Waals surface area contributed by atoms with Crippen molar-refractivity contribution in [1.82, 2.24) is 4.90 Å². The van der Waals surface area contributed by atoms with Crippen LogP contribution in [0.2, 0.25) is 0 Å². The second-order valence-electron chi connectivity index (χ2n) is 2.33. The zero-order valence-corrected chi connectivity index (χ0v) is 16.1. The molecule has 82 valence electrons. The fourth-order valence-corrected chi connectivity index (χ4v) is 0.742. The largest absolute Gasteiger partial charge is 1.00 e. The number of nitrogens with zero attached hydrogens (tertiary/aromatic N) is 1. The number of carboxylic acids is 3. The molecule has 0 spiro atoms. The van der Waals surface area contributed by atoms with E-state index in [0.717, 1.165) is 4.90 Å². The van der Waals surface area contributed by atoms with Crippen molar-refractivity contribution in [2.75, 3.05) is 19.6 Å². The van der Waals surface area contributed by atoms with Gasteiger partial charge in [0.05, 0.1) is 19.6 Å². The van der Waals surface area contributed by atoms with Crippen LogP contribution >= 0.6 is 0 Å². The molecule has 0 rings (SSSR count). The summed E-state index contributed by atoms with van der Waals surface area (Å²) in [6.07, 6.45) is 0. The Morgan fingerprint density at radius 2 is 0.882 bits per heavy atom. The van der Waals surface area contributed by atoms with Gasteiger partial charge in [-0.15, -0.1) is 0 Å². The number of hydrogen-bond donors (Lipinski definition) is 3. The summed E-state index contributed by atoms with van der Waals surface area (Å²) in [5.41, 5.74) is 0. The summed E-state index contributed by atoms with van der Waals surface area (Å²) in [6.45, 7) is -1.80. The van der Waals surface area contributed by atoms with Gasteiger partial charge in [-0.1, -0.05) is 0 Å². The van der Waals surface area contributed by atoms with E-state index < -0.39 is 37.5 Å². The van der Waals surface area contributed by atoms with E-state index in [1.165, 1.54) is 0 Å². The van der Waals surface area contributed by atoms with Gasteiger partial charge in [0, 0.05) is 0 Å². The molecule has 0 bridgehead atoms. The van der Waals surface area contributed by atoms with Crippen LogP contribution in [-0.4, -0.2) is 63.2 Å². The first-order valence-corrected chi connectivity index (χ1v) is 3.29. The predicted octanol–water partition coefficient (Wildman–Crippen LogP) is -11.3. The van der Waals surface area contributed by atoms with Crippen molar-refractivity contribution in [3.8, 4) is 0 Å². The van der Waals surface area contributed by atoms with Crippen LogP contribution < -0.4 is 88.7 Å². The molecule has 0 aliphatic heterocycles. The first-order valence-electron chi connectivity index (χ1n) is 3.29. The van der Waals surface area contributed by atoms with Gasteiger partial charge in [0.15, 0.2) is 0 Å². The third kappa shape index (κ3) is 22.9. The van der Waals surface area contributed by atoms with Crippen molar-refractivity contribution in [1.29, 1.82) is 0 Å². The van der Waals surface area contributed by atoms with Crippen LogP contribution in [0.1, 0.15) is 0 Å². The Morgan fingerprint density at radius 3 is 1.00 bits per heavy atom. The summed E-state index contributed by atoms with van der Waals surface area (Å²) in [7, 11) is 0. The average molecular weight is 278 g/mol. The summed E-state index contributed by atoms with van der Waals surface area (Å²) in [4.78, 5) is 31.2. The van der Waals surface area contributed by atoms with E-state index in [4.69, 9.17) is 15.3 Å². The molecule has 17 heavy (non-hydrogen) atoms. The van der Waals surface area contributed by atoms with E-state index in [0.29, 0.717) is 0 Å². The maximum atomic E-state index is 10.1. The van der Waals surface area contributed by atoms with Crippen molar-refractivity contribution >= 4 is 17.9 Å². The maximum absolute atomic E-state index is 10.1. The van der Waals surface area contributed by atoms with Gasteiger partial charge in [-0.25, -0.2) is 0 Å². The second kappa shape index (κ2) is 17.3. The molecule has 11 heteroatoms. The summed E-state index contributed by atoms with van der Waals surface area (Å²) in [5.74, 6) is -3.78. The number of carboxylic acid groups (broad SMARTS) is 3. The Morgan fingerprint density at radius 1 is 0.706 bits per heavy atom. The zero-order chi connectivity index (χ0) is 10.4. The van der Waals surface area contributed by atoms with Crippen LogP contribution in [0.5, 0.6) is 0 Å². The van der Waals surface area contributed by atoms with Crippen LogP contribution in [0.25, 0.3) is 0 Å². The van der Waals surface area contributed by atoms with Gasteiger partial charge in [-0.2, -0.15) is 0 Å². The number of aliphatic carboxylic acids is 3. The molecule has 0 aromatic heterocycles. The van der Waals surface area contributed by atoms with Crippen molar-refractivity contribution in [3.63, 3.8) is 0 Å². The van der Waals surface area contributed by atoms with E-state index in [9.17, 15) is 14.4 Å². The van der Waals surface area contributed by atoms with Crippen LogP contribution in [0.4, 0.5) is 0 Å². The second-order valence-corrected chi connectivity index (χ2v) is 2.33. The summed E-state index contributed by atoms with van der Waals surface area (Å²) in [6, 6.07) is 0. The molecule has 8 nitrogen and oxygen atoms in total. The Hall–Kier alpha value is 1.33. The van der Waals surface area contributed by atoms with E-state index in [1.807, 2.05) is 0 Å². The molecule has 0 fully saturated rings. The quantitative estimate of drug-likeness (QED) is 0.409. The molecule has 0 aliphatic carbocycles. The van der Waals surface area contributed by atoms with Gasteiger partial charge in [0.25, 0.3) is 0 Å². The maximum Gasteiger partial charge on any atom is 1.00 e. The molecule has 0 heterocycles. The molecule has 0 radical (unpaired) electrons. The first kappa shape index (κ1) is 31.0. The molecule has 0 atom stereocenters. The first-order chi connectivity index (χ1) is 5.91. The minimum Gasteiger partial charge on any atom is -0.480 e. The minimum atomic E-state index is -1.26. The zero-order valence-electron chi connectivity index (χ0n) is 10.1. The number of carbonyl (C=O) groups is 3. The fraction of sp³-hybridized carbons (Fsp3) is 0.500. The Balaban J connectivity index is -0.000000120. The molecule has 0 aliphatic rings. The van der Waals surface area contributed by atoms with Crippen molar-refractivity contribution in [2.45, 2.75) is 0 Å². The average Bonchev–Trinajstić information content (AvgIpc) is 1.80. The standard InChI is InChI=1S/C6H9NO6.3Na.H2O/c8-4(9)1-7(2-5(10)11)3-6(12)13;;;;/h1-3H2,(H,8,9)(H,10,11)(H,12,13);;;;1H2/q;3*+1;. The molecular weight excluding hydrogens is 267 g/mol. The Kier molecular flexibility index (Phi) is 31.6. The van der Waals surface area contributed by atoms with Crippen LogP contribution in [0.15, 0.2) is 0 Å². The van der Waals surface area contributed by atoms with Gasteiger partial charge in [-0.05, 0) is 0 Å². The molecule has 0 aromatic rings. The molecule has 0 aromatic carbocycles. The number of rotatable bonds is 6. The van der Waals surface area contributed by atoms with Gasteiger partial charge >= 0.3 is 107 Å². The Labute approximate surface area is 164 Å². The summed E-state index contributed by atoms with van der Waals surface area (Å²) < 4.78 is 0. The van der Waals surface area contributed by atoms with E-state index >= 15 is 0 Å². The smallest absolute Gasteiger partial charge is 0.480 e. The van der Waals surface area contributed by atoms with Crippen molar-refractivity contribution in [3.05, 3.63) is 0 Å². The van der Waals surface area contributed by atoms with Gasteiger partial charge < -0.3 is 20.8 Å². The fourth-order valence-electron chi connectivity index (χ4n) is 0.742. The molecule has 0 saturated heterocycles. The third-order valence-corrected chi connectivity index (χ3v) is 1.08. The monoisotopic (exact) mass is 278 g/mol. The van der Waals surface area contributed by atoms with Crippen molar-refractivity contribution in [2.24, 2.45) is 0 Å². The predicted molar refractivity (Wildman–Crippen MR) is 43.0 cm³/mol. The van der Waals surface area contributed by atoms with E-state index in [2.05, 4.69) is 0 Å². The SMILES string of the molecule is O.O=C(O)CN(CC(=O)O)CC(=O)O.[Na+].[Na+].[Na+]. The van der Waals surface area contributed by atoms with E-state index in [-0.39, 0.29) is 94.1 Å². The topological polar surface area (TPSA) is 147 Å². The van der Waals surface area contributed by atoms with Crippen molar-refractivity contribution < 1.29 is 124 Å². The normalized spacial score (nSPS) is 7.59. The molecule has 0 amide bonds. The van der Waals surface area contributed by atoms with E-state index in [1.54, 1.807) is 0 Å². The summed E-state index contributed by atoms with van der Waals surface area (Å²) in [5, 5.41) is 24.8. The van der Waals surface area contributed by atoms with Crippen LogP contribution in [-0.2, 0) is 14.4 Å². The Bertz CT molecular complexity index is 200.